The molecule has 1 heterocycles. The highest BCUT2D eigenvalue weighted by Gasteiger charge is 2.12. The Morgan fingerprint density at radius 2 is 2.60 bits per heavy atom. The van der Waals surface area contributed by atoms with Crippen LogP contribution in [0.1, 0.15) is 12.8 Å². The molecule has 0 radical (unpaired) electrons. The third-order valence-electron chi connectivity index (χ3n) is 1.63. The van der Waals surface area contributed by atoms with Gasteiger partial charge in [0.05, 0.1) is 6.54 Å². The van der Waals surface area contributed by atoms with Crippen molar-refractivity contribution in [2.24, 2.45) is 16.3 Å². The number of nitrogens with zero attached hydrogens (tertiary/aromatic N) is 2. The van der Waals surface area contributed by atoms with Crippen molar-refractivity contribution in [3.8, 4) is 0 Å². The first-order valence-corrected chi connectivity index (χ1v) is 3.49. The second-order valence-electron chi connectivity index (χ2n) is 2.37. The van der Waals surface area contributed by atoms with Crippen LogP contribution >= 0.6 is 0 Å². The standard InChI is InChI=1S/C5H13N5/c6-9-10-8-4-5-2-1-3-7-5/h5,7H,1-4H2,(H2,6,10)(H,8,9). The lowest BCUT2D eigenvalue weighted by atomic mass is 10.2. The van der Waals surface area contributed by atoms with Gasteiger partial charge in [-0.25, -0.2) is 0 Å². The van der Waals surface area contributed by atoms with Gasteiger partial charge in [-0.2, -0.15) is 0 Å². The smallest absolute Gasteiger partial charge is 0.0501 e. The first kappa shape index (κ1) is 7.27. The zero-order valence-electron chi connectivity index (χ0n) is 5.88. The number of nitrogens with one attached hydrogen (secondary N) is 2. The van der Waals surface area contributed by atoms with Crippen molar-refractivity contribution in [3.63, 3.8) is 0 Å². The molecule has 1 aliphatic rings. The summed E-state index contributed by atoms with van der Waals surface area (Å²) in [5.41, 5.74) is 2.75. The van der Waals surface area contributed by atoms with Gasteiger partial charge in [0.2, 0.25) is 0 Å². The average molecular weight is 143 g/mol. The largest absolute Gasteiger partial charge is 0.312 e. The molecule has 1 aliphatic heterocycles. The minimum absolute atomic E-state index is 0.547. The Bertz CT molecular complexity index is 107. The number of hydrogen-bond acceptors (Lipinski definition) is 3. The molecular weight excluding hydrogens is 130 g/mol. The van der Waals surface area contributed by atoms with Crippen molar-refractivity contribution < 1.29 is 0 Å². The molecule has 5 heteroatoms. The van der Waals surface area contributed by atoms with Gasteiger partial charge in [-0.15, -0.1) is 0 Å². The van der Waals surface area contributed by atoms with E-state index in [2.05, 4.69) is 21.2 Å². The molecule has 4 N–H and O–H groups in total. The summed E-state index contributed by atoms with van der Waals surface area (Å²) in [5.74, 6) is 4.79. The first-order chi connectivity index (χ1) is 4.93. The SMILES string of the molecule is N/N=N\NCC1CCCN1. The second kappa shape index (κ2) is 4.05. The Kier molecular flexibility index (Phi) is 2.95. The second-order valence-corrected chi connectivity index (χ2v) is 2.37. The van der Waals surface area contributed by atoms with Gasteiger partial charge >= 0.3 is 0 Å². The normalized spacial score (nSPS) is 25.8. The molecule has 1 unspecified atom stereocenters. The van der Waals surface area contributed by atoms with Crippen LogP contribution in [-0.4, -0.2) is 19.1 Å². The maximum absolute atomic E-state index is 4.79. The van der Waals surface area contributed by atoms with Gasteiger partial charge in [0, 0.05) is 6.04 Å². The Hall–Kier alpha value is -0.840. The van der Waals surface area contributed by atoms with Crippen LogP contribution in [0.25, 0.3) is 0 Å². The summed E-state index contributed by atoms with van der Waals surface area (Å²) < 4.78 is 0. The number of hydrogen-bond donors (Lipinski definition) is 3. The minimum Gasteiger partial charge on any atom is -0.312 e. The van der Waals surface area contributed by atoms with E-state index in [1.165, 1.54) is 12.8 Å². The summed E-state index contributed by atoms with van der Waals surface area (Å²) in [5, 5.41) is 9.84. The monoisotopic (exact) mass is 143 g/mol. The molecule has 0 spiro atoms. The molecule has 5 nitrogen and oxygen atoms in total. The zero-order chi connectivity index (χ0) is 7.23. The van der Waals surface area contributed by atoms with Crippen LogP contribution in [0, 0.1) is 0 Å². The van der Waals surface area contributed by atoms with E-state index in [0.717, 1.165) is 13.1 Å². The van der Waals surface area contributed by atoms with Gasteiger partial charge in [0.15, 0.2) is 0 Å². The fourth-order valence-corrected chi connectivity index (χ4v) is 1.12. The fourth-order valence-electron chi connectivity index (χ4n) is 1.12. The molecule has 1 saturated heterocycles. The summed E-state index contributed by atoms with van der Waals surface area (Å²) in [6, 6.07) is 0.547. The Morgan fingerprint density at radius 3 is 3.20 bits per heavy atom. The summed E-state index contributed by atoms with van der Waals surface area (Å²) in [7, 11) is 0. The fraction of sp³-hybridized carbons (Fsp3) is 1.00. The maximum Gasteiger partial charge on any atom is 0.0501 e. The van der Waals surface area contributed by atoms with Gasteiger partial charge in [-0.1, -0.05) is 10.4 Å². The zero-order valence-corrected chi connectivity index (χ0v) is 5.88. The molecule has 0 aromatic carbocycles. The van der Waals surface area contributed by atoms with Crippen molar-refractivity contribution >= 4 is 0 Å². The predicted molar refractivity (Wildman–Crippen MR) is 38.1 cm³/mol. The van der Waals surface area contributed by atoms with Crippen LogP contribution in [0.4, 0.5) is 0 Å². The maximum atomic E-state index is 4.79. The molecule has 0 aromatic rings. The van der Waals surface area contributed by atoms with Crippen LogP contribution in [0.2, 0.25) is 0 Å². The van der Waals surface area contributed by atoms with Crippen LogP contribution < -0.4 is 16.6 Å². The molecule has 58 valence electrons. The van der Waals surface area contributed by atoms with E-state index in [1.54, 1.807) is 0 Å². The third-order valence-corrected chi connectivity index (χ3v) is 1.63. The van der Waals surface area contributed by atoms with Crippen LogP contribution in [0.3, 0.4) is 0 Å². The van der Waals surface area contributed by atoms with Gasteiger partial charge in [-0.3, -0.25) is 5.43 Å². The van der Waals surface area contributed by atoms with E-state index in [1.807, 2.05) is 0 Å². The average Bonchev–Trinajstić information content (AvgIpc) is 2.41. The number of nitrogens with two attached hydrogens (primary N) is 1. The van der Waals surface area contributed by atoms with Crippen LogP contribution in [0.15, 0.2) is 10.4 Å². The molecule has 1 fully saturated rings. The number of rotatable bonds is 3. The molecule has 0 aliphatic carbocycles. The third kappa shape index (κ3) is 2.18. The van der Waals surface area contributed by atoms with Crippen LogP contribution in [-0.2, 0) is 0 Å². The molecule has 1 rings (SSSR count). The highest BCUT2D eigenvalue weighted by Crippen LogP contribution is 2.02. The van der Waals surface area contributed by atoms with Crippen molar-refractivity contribution in [2.75, 3.05) is 13.1 Å². The van der Waals surface area contributed by atoms with Gasteiger partial charge in [0.25, 0.3) is 0 Å². The Labute approximate surface area is 60.0 Å². The Morgan fingerprint density at radius 1 is 1.70 bits per heavy atom. The lowest BCUT2D eigenvalue weighted by molar-refractivity contribution is 0.533. The van der Waals surface area contributed by atoms with Crippen molar-refractivity contribution in [1.82, 2.24) is 10.7 Å². The van der Waals surface area contributed by atoms with Gasteiger partial charge in [0.1, 0.15) is 0 Å². The molecule has 0 amide bonds. The van der Waals surface area contributed by atoms with Gasteiger partial charge < -0.3 is 11.2 Å². The van der Waals surface area contributed by atoms with Gasteiger partial charge in [-0.05, 0) is 19.4 Å². The quantitative estimate of drug-likeness (QED) is 0.285. The lowest BCUT2D eigenvalue weighted by Crippen LogP contribution is -2.31. The molecular formula is C5H13N5. The molecule has 1 atom stereocenters. The summed E-state index contributed by atoms with van der Waals surface area (Å²) in [4.78, 5) is 0. The van der Waals surface area contributed by atoms with E-state index >= 15 is 0 Å². The minimum atomic E-state index is 0.547. The Balaban J connectivity index is 2.01. The summed E-state index contributed by atoms with van der Waals surface area (Å²) in [6.45, 7) is 1.94. The molecule has 0 bridgehead atoms. The summed E-state index contributed by atoms with van der Waals surface area (Å²) in [6.07, 6.45) is 2.47. The predicted octanol–water partition coefficient (Wildman–Crippen LogP) is -0.431. The molecule has 0 aromatic heterocycles. The van der Waals surface area contributed by atoms with E-state index in [-0.39, 0.29) is 0 Å². The van der Waals surface area contributed by atoms with E-state index in [4.69, 9.17) is 5.84 Å². The first-order valence-electron chi connectivity index (χ1n) is 3.49. The highest BCUT2D eigenvalue weighted by molar-refractivity contribution is 4.74. The van der Waals surface area contributed by atoms with Crippen molar-refractivity contribution in [1.29, 1.82) is 0 Å². The topological polar surface area (TPSA) is 74.8 Å². The molecule has 0 saturated carbocycles. The van der Waals surface area contributed by atoms with Crippen LogP contribution in [0.5, 0.6) is 0 Å². The lowest BCUT2D eigenvalue weighted by Gasteiger charge is -2.06. The van der Waals surface area contributed by atoms with Crippen molar-refractivity contribution in [3.05, 3.63) is 0 Å². The van der Waals surface area contributed by atoms with Crippen molar-refractivity contribution in [2.45, 2.75) is 18.9 Å². The molecule has 10 heavy (non-hydrogen) atoms. The van der Waals surface area contributed by atoms with E-state index in [0.29, 0.717) is 6.04 Å². The van der Waals surface area contributed by atoms with E-state index < -0.39 is 0 Å². The summed E-state index contributed by atoms with van der Waals surface area (Å²) >= 11 is 0. The van der Waals surface area contributed by atoms with E-state index in [9.17, 15) is 0 Å². The highest BCUT2D eigenvalue weighted by atomic mass is 15.5.